The number of nitrogens with one attached hydrogen (secondary N) is 1. The van der Waals surface area contributed by atoms with E-state index in [0.29, 0.717) is 32.8 Å². The minimum absolute atomic E-state index is 0.153. The first-order chi connectivity index (χ1) is 11.8. The van der Waals surface area contributed by atoms with Gasteiger partial charge in [-0.25, -0.2) is 4.79 Å². The first-order valence-electron chi connectivity index (χ1n) is 7.77. The van der Waals surface area contributed by atoms with Gasteiger partial charge in [-0.05, 0) is 72.6 Å². The molecule has 0 radical (unpaired) electrons. The van der Waals surface area contributed by atoms with Crippen LogP contribution in [0.5, 0.6) is 11.5 Å². The van der Waals surface area contributed by atoms with Crippen LogP contribution in [0.25, 0.3) is 0 Å². The van der Waals surface area contributed by atoms with Crippen LogP contribution < -0.4 is 10.1 Å². The molecule has 0 aliphatic rings. The molecule has 1 N–H and O–H groups in total. The fourth-order valence-electron chi connectivity index (χ4n) is 2.31. The van der Waals surface area contributed by atoms with Gasteiger partial charge in [-0.15, -0.1) is 0 Å². The van der Waals surface area contributed by atoms with Crippen molar-refractivity contribution in [3.63, 3.8) is 0 Å². The highest BCUT2D eigenvalue weighted by molar-refractivity contribution is 9.10. The first-order valence-corrected chi connectivity index (χ1v) is 8.57. The molecule has 0 spiro atoms. The summed E-state index contributed by atoms with van der Waals surface area (Å²) in [4.78, 5) is 23.0. The van der Waals surface area contributed by atoms with Crippen LogP contribution in [0.2, 0.25) is 0 Å². The second-order valence-electron chi connectivity index (χ2n) is 5.86. The van der Waals surface area contributed by atoms with Crippen LogP contribution in [0.4, 0.5) is 5.69 Å². The van der Waals surface area contributed by atoms with Crippen LogP contribution in [0.1, 0.15) is 40.1 Å². The number of rotatable bonds is 6. The maximum atomic E-state index is 12.1. The number of hydrogen-bond acceptors (Lipinski definition) is 5. The van der Waals surface area contributed by atoms with Crippen molar-refractivity contribution in [3.8, 4) is 11.5 Å². The van der Waals surface area contributed by atoms with E-state index in [2.05, 4.69) is 21.2 Å². The summed E-state index contributed by atoms with van der Waals surface area (Å²) in [5.74, 6) is 0.602. The predicted octanol–water partition coefficient (Wildman–Crippen LogP) is 4.97. The van der Waals surface area contributed by atoms with Crippen LogP contribution in [0.3, 0.4) is 0 Å². The Morgan fingerprint density at radius 3 is 2.52 bits per heavy atom. The molecule has 0 fully saturated rings. The molecule has 0 aliphatic carbocycles. The highest BCUT2D eigenvalue weighted by atomic mass is 79.9. The number of methoxy groups -OCH3 is 1. The van der Waals surface area contributed by atoms with E-state index >= 15 is 0 Å². The van der Waals surface area contributed by atoms with Gasteiger partial charge in [-0.1, -0.05) is 0 Å². The third-order valence-electron chi connectivity index (χ3n) is 3.52. The summed E-state index contributed by atoms with van der Waals surface area (Å²) < 4.78 is 11.4. The summed E-state index contributed by atoms with van der Waals surface area (Å²) >= 11 is 3.47. The van der Waals surface area contributed by atoms with E-state index < -0.39 is 5.97 Å². The normalized spacial score (nSPS) is 10.5. The minimum Gasteiger partial charge on any atom is -0.465 e. The summed E-state index contributed by atoms with van der Waals surface area (Å²) in [6, 6.07) is 8.75. The largest absolute Gasteiger partial charge is 0.465 e. The minimum atomic E-state index is -0.451. The van der Waals surface area contributed by atoms with Crippen LogP contribution >= 0.6 is 15.9 Å². The monoisotopic (exact) mass is 405 g/mol. The van der Waals surface area contributed by atoms with E-state index in [1.807, 2.05) is 20.8 Å². The van der Waals surface area contributed by atoms with Gasteiger partial charge in [0.05, 0.1) is 22.8 Å². The molecule has 0 bridgehead atoms. The maximum absolute atomic E-state index is 12.1. The second-order valence-corrected chi connectivity index (χ2v) is 6.71. The zero-order valence-electron chi connectivity index (χ0n) is 14.6. The molecule has 5 nitrogen and oxygen atoms in total. The molecule has 25 heavy (non-hydrogen) atoms. The summed E-state index contributed by atoms with van der Waals surface area (Å²) in [5.41, 5.74) is 2.47. The fraction of sp³-hybridized carbons (Fsp3) is 0.263. The number of ether oxygens (including phenoxy) is 2. The lowest BCUT2D eigenvalue weighted by Gasteiger charge is -2.17. The SMILES string of the molecule is COC(=O)c1cc(Oc2ccc(C=O)c(C)c2)c(Br)cc1NC(C)C. The van der Waals surface area contributed by atoms with Gasteiger partial charge in [0.1, 0.15) is 17.8 Å². The number of carbonyl (C=O) groups excluding carboxylic acids is 2. The molecule has 0 amide bonds. The summed E-state index contributed by atoms with van der Waals surface area (Å²) in [5, 5.41) is 3.22. The van der Waals surface area contributed by atoms with E-state index in [9.17, 15) is 9.59 Å². The molecular weight excluding hydrogens is 386 g/mol. The van der Waals surface area contributed by atoms with Crippen molar-refractivity contribution in [2.45, 2.75) is 26.8 Å². The van der Waals surface area contributed by atoms with Crippen molar-refractivity contribution in [3.05, 3.63) is 51.5 Å². The van der Waals surface area contributed by atoms with Crippen LogP contribution in [0.15, 0.2) is 34.8 Å². The number of carbonyl (C=O) groups is 2. The lowest BCUT2D eigenvalue weighted by atomic mass is 10.1. The Bertz CT molecular complexity index is 802. The summed E-state index contributed by atoms with van der Waals surface area (Å²) in [6.07, 6.45) is 0.802. The quantitative estimate of drug-likeness (QED) is 0.542. The lowest BCUT2D eigenvalue weighted by Crippen LogP contribution is -2.14. The highest BCUT2D eigenvalue weighted by Crippen LogP contribution is 2.35. The van der Waals surface area contributed by atoms with Gasteiger partial charge in [0.25, 0.3) is 0 Å². The Kier molecular flexibility index (Phi) is 6.20. The van der Waals surface area contributed by atoms with Crippen molar-refractivity contribution in [2.75, 3.05) is 12.4 Å². The molecule has 0 atom stereocenters. The third-order valence-corrected chi connectivity index (χ3v) is 4.14. The Morgan fingerprint density at radius 2 is 1.96 bits per heavy atom. The number of benzene rings is 2. The van der Waals surface area contributed by atoms with E-state index in [0.717, 1.165) is 11.8 Å². The molecular formula is C19H20BrNO4. The molecule has 2 aromatic carbocycles. The topological polar surface area (TPSA) is 64.6 Å². The van der Waals surface area contributed by atoms with E-state index in [1.54, 1.807) is 30.3 Å². The zero-order chi connectivity index (χ0) is 18.6. The molecule has 2 rings (SSSR count). The molecule has 0 unspecified atom stereocenters. The number of halogens is 1. The summed E-state index contributed by atoms with van der Waals surface area (Å²) in [6.45, 7) is 5.80. The van der Waals surface area contributed by atoms with Crippen molar-refractivity contribution in [2.24, 2.45) is 0 Å². The lowest BCUT2D eigenvalue weighted by molar-refractivity contribution is 0.0601. The fourth-order valence-corrected chi connectivity index (χ4v) is 2.74. The Balaban J connectivity index is 2.42. The third kappa shape index (κ3) is 4.60. The maximum Gasteiger partial charge on any atom is 0.340 e. The van der Waals surface area contributed by atoms with Crippen molar-refractivity contribution >= 4 is 33.9 Å². The van der Waals surface area contributed by atoms with Crippen molar-refractivity contribution in [1.82, 2.24) is 0 Å². The standard InChI is InChI=1S/C19H20BrNO4/c1-11(2)21-17-9-16(20)18(8-15(17)19(23)24-4)25-14-6-5-13(10-22)12(3)7-14/h5-11,21H,1-4H3. The number of aryl methyl sites for hydroxylation is 1. The number of hydrogen-bond donors (Lipinski definition) is 1. The number of esters is 1. The molecule has 0 aromatic heterocycles. The van der Waals surface area contributed by atoms with E-state index in [-0.39, 0.29) is 6.04 Å². The van der Waals surface area contributed by atoms with Crippen LogP contribution in [0, 0.1) is 6.92 Å². The average molecular weight is 406 g/mol. The molecule has 0 heterocycles. The van der Waals surface area contributed by atoms with E-state index in [1.165, 1.54) is 7.11 Å². The van der Waals surface area contributed by atoms with Gasteiger partial charge >= 0.3 is 5.97 Å². The predicted molar refractivity (Wildman–Crippen MR) is 101 cm³/mol. The van der Waals surface area contributed by atoms with E-state index in [4.69, 9.17) is 9.47 Å². The van der Waals surface area contributed by atoms with Gasteiger partial charge in [-0.2, -0.15) is 0 Å². The molecule has 2 aromatic rings. The molecule has 0 aliphatic heterocycles. The Morgan fingerprint density at radius 1 is 1.24 bits per heavy atom. The Labute approximate surface area is 155 Å². The average Bonchev–Trinajstić information content (AvgIpc) is 2.56. The number of anilines is 1. The highest BCUT2D eigenvalue weighted by Gasteiger charge is 2.17. The van der Waals surface area contributed by atoms with Gasteiger partial charge in [0.2, 0.25) is 0 Å². The summed E-state index contributed by atoms with van der Waals surface area (Å²) in [7, 11) is 1.34. The van der Waals surface area contributed by atoms with Gasteiger partial charge < -0.3 is 14.8 Å². The zero-order valence-corrected chi connectivity index (χ0v) is 16.1. The van der Waals surface area contributed by atoms with Gasteiger partial charge in [0, 0.05) is 11.6 Å². The molecule has 6 heteroatoms. The van der Waals surface area contributed by atoms with Crippen molar-refractivity contribution < 1.29 is 19.1 Å². The number of aldehydes is 1. The molecule has 0 saturated carbocycles. The Hall–Kier alpha value is -2.34. The van der Waals surface area contributed by atoms with Crippen LogP contribution in [-0.2, 0) is 4.74 Å². The first kappa shape index (κ1) is 19.0. The smallest absolute Gasteiger partial charge is 0.340 e. The molecule has 0 saturated heterocycles. The molecule has 132 valence electrons. The van der Waals surface area contributed by atoms with Crippen molar-refractivity contribution in [1.29, 1.82) is 0 Å². The van der Waals surface area contributed by atoms with Crippen LogP contribution in [-0.4, -0.2) is 25.4 Å². The van der Waals surface area contributed by atoms with Gasteiger partial charge in [0.15, 0.2) is 0 Å². The second kappa shape index (κ2) is 8.16. The van der Waals surface area contributed by atoms with Gasteiger partial charge in [-0.3, -0.25) is 4.79 Å².